The molecule has 248 valence electrons. The summed E-state index contributed by atoms with van der Waals surface area (Å²) in [5.74, 6) is -4.74. The fraction of sp³-hybridized carbons (Fsp3) is 0.0857. The van der Waals surface area contributed by atoms with Crippen LogP contribution in [0, 0.1) is 17.0 Å². The van der Waals surface area contributed by atoms with Gasteiger partial charge < -0.3 is 30.9 Å². The summed E-state index contributed by atoms with van der Waals surface area (Å²) >= 11 is 8.03. The Bertz CT molecular complexity index is 2170. The fourth-order valence-corrected chi connectivity index (χ4v) is 6.50. The van der Waals surface area contributed by atoms with Gasteiger partial charge in [-0.15, -0.1) is 0 Å². The highest BCUT2D eigenvalue weighted by Gasteiger charge is 2.25. The van der Waals surface area contributed by atoms with Gasteiger partial charge in [-0.2, -0.15) is 4.39 Å². The first-order chi connectivity index (χ1) is 23.5. The molecule has 1 aromatic heterocycles. The van der Waals surface area contributed by atoms with E-state index in [-0.39, 0.29) is 28.6 Å². The van der Waals surface area contributed by atoms with Gasteiger partial charge in [0.05, 0.1) is 18.3 Å². The number of hydrogen-bond acceptors (Lipinski definition) is 9. The van der Waals surface area contributed by atoms with Crippen molar-refractivity contribution in [1.29, 1.82) is 5.41 Å². The van der Waals surface area contributed by atoms with Gasteiger partial charge in [0.1, 0.15) is 17.4 Å². The number of rotatable bonds is 10. The maximum absolute atomic E-state index is 15.8. The van der Waals surface area contributed by atoms with Crippen molar-refractivity contribution in [2.24, 2.45) is 16.5 Å². The predicted molar refractivity (Wildman–Crippen MR) is 183 cm³/mol. The Morgan fingerprint density at radius 2 is 1.80 bits per heavy atom. The van der Waals surface area contributed by atoms with Crippen molar-refractivity contribution in [2.45, 2.75) is 9.79 Å². The third-order valence-corrected chi connectivity index (χ3v) is 8.87. The highest BCUT2D eigenvalue weighted by molar-refractivity contribution is 7.99. The predicted octanol–water partition coefficient (Wildman–Crippen LogP) is 7.20. The summed E-state index contributed by atoms with van der Waals surface area (Å²) in [4.78, 5) is 23.9. The summed E-state index contributed by atoms with van der Waals surface area (Å²) in [6, 6.07) is 21.2. The highest BCUT2D eigenvalue weighted by atomic mass is 35.5. The standard InChI is InChI=1S/C35H27ClF2N6O4S/c1-44-14-13-42-34(44)22-16-19(49-28-8-4-7-23(36)29(28)20-5-2-3-6-21(20)33(41)46)10-12-26(22)47-31-24(37)17-43-35(30(31)38)48-27-15-18(32(39)40)9-11-25(27)45/h2-12,15-17,45H,13-14H2,1H3,(H3,39,40)(H2,41,46). The van der Waals surface area contributed by atoms with Gasteiger partial charge in [-0.3, -0.25) is 15.2 Å². The van der Waals surface area contributed by atoms with Gasteiger partial charge in [-0.25, -0.2) is 9.37 Å². The second-order valence-electron chi connectivity index (χ2n) is 10.8. The number of benzene rings is 4. The molecule has 0 fully saturated rings. The lowest BCUT2D eigenvalue weighted by atomic mass is 9.99. The number of aromatic hydroxyl groups is 1. The van der Waals surface area contributed by atoms with Crippen molar-refractivity contribution in [3.8, 4) is 40.0 Å². The van der Waals surface area contributed by atoms with E-state index < -0.39 is 29.2 Å². The van der Waals surface area contributed by atoms with Crippen molar-refractivity contribution in [3.05, 3.63) is 118 Å². The Balaban J connectivity index is 1.38. The molecule has 0 radical (unpaired) electrons. The van der Waals surface area contributed by atoms with Crippen molar-refractivity contribution in [1.82, 2.24) is 9.88 Å². The average molecular weight is 701 g/mol. The number of phenolic OH excluding ortho intramolecular Hbond substituents is 1. The summed E-state index contributed by atoms with van der Waals surface area (Å²) in [7, 11) is 1.84. The number of nitrogens with one attached hydrogen (secondary N) is 1. The third-order valence-electron chi connectivity index (χ3n) is 7.50. The first kappa shape index (κ1) is 33.2. The zero-order valence-corrected chi connectivity index (χ0v) is 27.3. The molecule has 5 aromatic rings. The molecule has 0 aliphatic carbocycles. The number of ether oxygens (including phenoxy) is 2. The number of hydrogen-bond donors (Lipinski definition) is 4. The lowest BCUT2D eigenvalue weighted by Crippen LogP contribution is -2.24. The molecule has 0 unspecified atom stereocenters. The number of amidine groups is 2. The van der Waals surface area contributed by atoms with Gasteiger partial charge in [0.2, 0.25) is 17.5 Å². The number of pyridine rings is 1. The molecule has 14 heteroatoms. The molecule has 49 heavy (non-hydrogen) atoms. The normalized spacial score (nSPS) is 12.5. The molecule has 0 atom stereocenters. The Morgan fingerprint density at radius 3 is 2.53 bits per heavy atom. The number of nitrogen functional groups attached to an aromatic ring is 1. The lowest BCUT2D eigenvalue weighted by Gasteiger charge is -2.19. The van der Waals surface area contributed by atoms with E-state index in [1.807, 2.05) is 18.0 Å². The Morgan fingerprint density at radius 1 is 1.00 bits per heavy atom. The van der Waals surface area contributed by atoms with Gasteiger partial charge >= 0.3 is 0 Å². The molecular formula is C35H27ClF2N6O4S. The Labute approximate surface area is 288 Å². The molecule has 1 amide bonds. The number of likely N-dealkylation sites (N-methyl/N-ethyl adjacent to an activating group) is 1. The van der Waals surface area contributed by atoms with Crippen molar-refractivity contribution in [3.63, 3.8) is 0 Å². The molecule has 6 N–H and O–H groups in total. The van der Waals surface area contributed by atoms with Crippen LogP contribution in [0.5, 0.6) is 28.9 Å². The number of aromatic nitrogens is 1. The summed E-state index contributed by atoms with van der Waals surface area (Å²) in [6.45, 7) is 1.12. The molecule has 0 spiro atoms. The SMILES string of the molecule is CN1CCN=C1c1cc(Sc2cccc(Cl)c2-c2ccccc2C(N)=O)ccc1Oc1c(F)cnc(Oc2cc(C(=N)N)ccc2O)c1F. The van der Waals surface area contributed by atoms with Gasteiger partial charge in [0.15, 0.2) is 17.3 Å². The largest absolute Gasteiger partial charge is 0.504 e. The number of carbonyl (C=O) groups is 1. The van der Waals surface area contributed by atoms with Gasteiger partial charge in [-0.1, -0.05) is 47.6 Å². The first-order valence-corrected chi connectivity index (χ1v) is 15.8. The number of carbonyl (C=O) groups excluding carboxylic acids is 1. The zero-order valence-electron chi connectivity index (χ0n) is 25.7. The van der Waals surface area contributed by atoms with Gasteiger partial charge in [0.25, 0.3) is 5.88 Å². The number of aliphatic imine (C=N–C) groups is 1. The van der Waals surface area contributed by atoms with E-state index in [9.17, 15) is 9.90 Å². The van der Waals surface area contributed by atoms with Crippen LogP contribution in [0.2, 0.25) is 5.02 Å². The van der Waals surface area contributed by atoms with Gasteiger partial charge in [0, 0.05) is 45.1 Å². The summed E-state index contributed by atoms with van der Waals surface area (Å²) in [5, 5.41) is 18.3. The molecule has 1 aliphatic rings. The maximum Gasteiger partial charge on any atom is 0.260 e. The number of nitrogens with two attached hydrogens (primary N) is 2. The number of nitrogens with zero attached hydrogens (tertiary/aromatic N) is 3. The number of amides is 1. The number of phenols is 1. The van der Waals surface area contributed by atoms with Gasteiger partial charge in [-0.05, 0) is 60.2 Å². The molecule has 0 bridgehead atoms. The average Bonchev–Trinajstić information content (AvgIpc) is 3.51. The van der Waals surface area contributed by atoms with Crippen LogP contribution in [-0.4, -0.2) is 52.7 Å². The van der Waals surface area contributed by atoms with Crippen LogP contribution in [0.15, 0.2) is 99.8 Å². The third kappa shape index (κ3) is 6.84. The molecule has 0 saturated heterocycles. The van der Waals surface area contributed by atoms with Crippen LogP contribution in [0.3, 0.4) is 0 Å². The molecule has 6 rings (SSSR count). The van der Waals surface area contributed by atoms with E-state index in [1.165, 1.54) is 30.0 Å². The summed E-state index contributed by atoms with van der Waals surface area (Å²) in [5.41, 5.74) is 13.4. The van der Waals surface area contributed by atoms with E-state index in [0.29, 0.717) is 51.1 Å². The zero-order chi connectivity index (χ0) is 34.8. The molecule has 1 aliphatic heterocycles. The molecular weight excluding hydrogens is 674 g/mol. The minimum atomic E-state index is -1.27. The van der Waals surface area contributed by atoms with Crippen LogP contribution in [0.4, 0.5) is 8.78 Å². The Hall–Kier alpha value is -5.66. The van der Waals surface area contributed by atoms with Crippen LogP contribution in [0.1, 0.15) is 21.5 Å². The second-order valence-corrected chi connectivity index (χ2v) is 12.3. The minimum Gasteiger partial charge on any atom is -0.504 e. The maximum atomic E-state index is 15.8. The molecule has 2 heterocycles. The topological polar surface area (TPSA) is 160 Å². The van der Waals surface area contributed by atoms with Crippen molar-refractivity contribution >= 4 is 40.9 Å². The van der Waals surface area contributed by atoms with Crippen molar-refractivity contribution < 1.29 is 28.2 Å². The Kier molecular flexibility index (Phi) is 9.38. The molecule has 10 nitrogen and oxygen atoms in total. The number of primary amides is 1. The quantitative estimate of drug-likeness (QED) is 0.0879. The fourth-order valence-electron chi connectivity index (χ4n) is 5.13. The van der Waals surface area contributed by atoms with Crippen LogP contribution < -0.4 is 20.9 Å². The minimum absolute atomic E-state index is 0.0959. The van der Waals surface area contributed by atoms with E-state index in [0.717, 1.165) is 11.1 Å². The van der Waals surface area contributed by atoms with E-state index >= 15 is 8.78 Å². The smallest absolute Gasteiger partial charge is 0.260 e. The lowest BCUT2D eigenvalue weighted by molar-refractivity contribution is 0.100. The van der Waals surface area contributed by atoms with Crippen LogP contribution >= 0.6 is 23.4 Å². The second kappa shape index (κ2) is 13.8. The van der Waals surface area contributed by atoms with E-state index in [4.69, 9.17) is 38.0 Å². The molecule has 0 saturated carbocycles. The summed E-state index contributed by atoms with van der Waals surface area (Å²) < 4.78 is 42.3. The van der Waals surface area contributed by atoms with Crippen LogP contribution in [0.25, 0.3) is 11.1 Å². The van der Waals surface area contributed by atoms with Crippen molar-refractivity contribution in [2.75, 3.05) is 20.1 Å². The number of halogens is 3. The monoisotopic (exact) mass is 700 g/mol. The van der Waals surface area contributed by atoms with E-state index in [2.05, 4.69) is 9.98 Å². The molecule has 4 aromatic carbocycles. The highest BCUT2D eigenvalue weighted by Crippen LogP contribution is 2.43. The first-order valence-electron chi connectivity index (χ1n) is 14.6. The summed E-state index contributed by atoms with van der Waals surface area (Å²) in [6.07, 6.45) is 0.729. The van der Waals surface area contributed by atoms with Crippen LogP contribution in [-0.2, 0) is 0 Å². The van der Waals surface area contributed by atoms with E-state index in [1.54, 1.807) is 54.6 Å².